The van der Waals surface area contributed by atoms with E-state index in [9.17, 15) is 0 Å². The van der Waals surface area contributed by atoms with Crippen molar-refractivity contribution in [3.63, 3.8) is 0 Å². The summed E-state index contributed by atoms with van der Waals surface area (Å²) in [7, 11) is 7.89. The van der Waals surface area contributed by atoms with Gasteiger partial charge in [-0.25, -0.2) is 0 Å². The van der Waals surface area contributed by atoms with Gasteiger partial charge in [0, 0.05) is 26.4 Å². The van der Waals surface area contributed by atoms with Crippen molar-refractivity contribution in [1.82, 2.24) is 20.6 Å². The number of hydroxylamine groups is 1. The molecule has 0 bridgehead atoms. The van der Waals surface area contributed by atoms with Crippen LogP contribution in [0.25, 0.3) is 0 Å². The molecular weight excluding hydrogens is 336 g/mol. The van der Waals surface area contributed by atoms with Gasteiger partial charge in [0.1, 0.15) is 17.3 Å². The normalized spacial score (nSPS) is 10.4. The first kappa shape index (κ1) is 25.9. The zero-order valence-electron chi connectivity index (χ0n) is 17.2. The topological polar surface area (TPSA) is 63.9 Å². The van der Waals surface area contributed by atoms with Crippen LogP contribution in [0.5, 0.6) is 0 Å². The van der Waals surface area contributed by atoms with E-state index < -0.39 is 0 Å². The fraction of sp³-hybridized carbons (Fsp3) is 0.667. The highest BCUT2D eigenvalue weighted by atomic mass is 32.2. The molecule has 1 aromatic heterocycles. The van der Waals surface area contributed by atoms with Crippen molar-refractivity contribution in [2.75, 3.05) is 40.5 Å². The van der Waals surface area contributed by atoms with Gasteiger partial charge in [-0.2, -0.15) is 11.8 Å². The van der Waals surface area contributed by atoms with Gasteiger partial charge in [-0.3, -0.25) is 10.7 Å². The number of furan rings is 1. The Hall–Kier alpha value is -1.31. The molecule has 0 aliphatic heterocycles. The largest absolute Gasteiger partial charge is 0.464 e. The summed E-state index contributed by atoms with van der Waals surface area (Å²) < 4.78 is 5.75. The highest BCUT2D eigenvalue weighted by molar-refractivity contribution is 7.98. The van der Waals surface area contributed by atoms with E-state index in [0.29, 0.717) is 0 Å². The van der Waals surface area contributed by atoms with Crippen molar-refractivity contribution < 1.29 is 9.62 Å². The molecule has 1 aromatic rings. The van der Waals surface area contributed by atoms with Crippen molar-refractivity contribution in [2.45, 2.75) is 40.0 Å². The molecule has 0 radical (unpaired) electrons. The molecule has 0 aliphatic rings. The number of nitrogens with one attached hydrogen (secondary N) is 2. The molecule has 0 aliphatic carbocycles. The minimum absolute atomic E-state index is 0.821. The van der Waals surface area contributed by atoms with Crippen LogP contribution in [0.15, 0.2) is 28.6 Å². The first-order chi connectivity index (χ1) is 12.0. The van der Waals surface area contributed by atoms with Gasteiger partial charge in [0.05, 0.1) is 18.5 Å². The second-order valence-corrected chi connectivity index (χ2v) is 6.24. The molecule has 0 spiro atoms. The van der Waals surface area contributed by atoms with Crippen molar-refractivity contribution in [1.29, 1.82) is 0 Å². The molecule has 0 fully saturated rings. The first-order valence-corrected chi connectivity index (χ1v) is 9.99. The molecule has 3 N–H and O–H groups in total. The van der Waals surface area contributed by atoms with Gasteiger partial charge >= 0.3 is 0 Å². The minimum Gasteiger partial charge on any atom is -0.464 e. The maximum Gasteiger partial charge on any atom is 0.119 e. The Morgan fingerprint density at radius 2 is 1.72 bits per heavy atom. The van der Waals surface area contributed by atoms with Gasteiger partial charge in [0.15, 0.2) is 0 Å². The van der Waals surface area contributed by atoms with Gasteiger partial charge in [0.2, 0.25) is 0 Å². The average molecular weight is 375 g/mol. The zero-order valence-corrected chi connectivity index (χ0v) is 18.0. The van der Waals surface area contributed by atoms with Crippen LogP contribution in [0, 0.1) is 0 Å². The summed E-state index contributed by atoms with van der Waals surface area (Å²) in [5.74, 6) is 4.68. The Bertz CT molecular complexity index is 434. The number of rotatable bonds is 10. The quantitative estimate of drug-likeness (QED) is 0.427. The van der Waals surface area contributed by atoms with Crippen molar-refractivity contribution >= 4 is 11.8 Å². The monoisotopic (exact) mass is 374 g/mol. The summed E-state index contributed by atoms with van der Waals surface area (Å²) in [6.07, 6.45) is 1.52. The lowest BCUT2D eigenvalue weighted by molar-refractivity contribution is 0.209. The number of hydrogen-bond donors (Lipinski definition) is 3. The van der Waals surface area contributed by atoms with Gasteiger partial charge in [-0.1, -0.05) is 27.7 Å². The molecule has 7 heteroatoms. The van der Waals surface area contributed by atoms with E-state index in [1.807, 2.05) is 90.2 Å². The van der Waals surface area contributed by atoms with Crippen LogP contribution in [-0.4, -0.2) is 55.5 Å². The Kier molecular flexibility index (Phi) is 18.2. The maximum atomic E-state index is 8.69. The summed E-state index contributed by atoms with van der Waals surface area (Å²) in [5, 5.41) is 11.9. The summed E-state index contributed by atoms with van der Waals surface area (Å²) >= 11 is 1.81. The average Bonchev–Trinajstić information content (AvgIpc) is 3.03. The molecule has 1 heterocycles. The van der Waals surface area contributed by atoms with Crippen LogP contribution in [0.3, 0.4) is 0 Å². The number of hydrogen-bond acceptors (Lipinski definition) is 7. The first-order valence-electron chi connectivity index (χ1n) is 8.84. The number of thioether (sulfide) groups is 1. The highest BCUT2D eigenvalue weighted by Gasteiger charge is 2.04. The Balaban J connectivity index is 0. The van der Waals surface area contributed by atoms with Crippen LogP contribution in [0.4, 0.5) is 0 Å². The highest BCUT2D eigenvalue weighted by Crippen LogP contribution is 2.16. The van der Waals surface area contributed by atoms with Crippen LogP contribution < -0.4 is 10.8 Å². The van der Waals surface area contributed by atoms with E-state index in [-0.39, 0.29) is 0 Å². The molecule has 0 atom stereocenters. The van der Waals surface area contributed by atoms with E-state index in [1.165, 1.54) is 6.20 Å². The lowest BCUT2D eigenvalue weighted by Gasteiger charge is -2.18. The van der Waals surface area contributed by atoms with E-state index in [4.69, 9.17) is 9.62 Å². The maximum absolute atomic E-state index is 8.69. The fourth-order valence-electron chi connectivity index (χ4n) is 1.72. The molecule has 148 valence electrons. The molecule has 0 saturated heterocycles. The second kappa shape index (κ2) is 17.5. The SMILES string of the molecule is CC.CC.CN(C)Cc1ccc(CSCCN/C(=C/NO)N(C)C)o1. The van der Waals surface area contributed by atoms with Crippen LogP contribution in [-0.2, 0) is 12.3 Å². The minimum atomic E-state index is 0.821. The Labute approximate surface area is 158 Å². The Morgan fingerprint density at radius 1 is 1.12 bits per heavy atom. The standard InChI is InChI=1S/C14H26N4O2S.2C2H6/c1-17(2)10-12-5-6-13(20-12)11-21-8-7-15-14(9-16-19)18(3)4;2*1-2/h5-6,9,15-16,19H,7-8,10-11H2,1-4H3;2*1-2H3/b14-9-;;. The zero-order chi connectivity index (χ0) is 19.7. The van der Waals surface area contributed by atoms with E-state index in [1.54, 1.807) is 0 Å². The Morgan fingerprint density at radius 3 is 2.24 bits per heavy atom. The van der Waals surface area contributed by atoms with Gasteiger partial charge in [0.25, 0.3) is 0 Å². The van der Waals surface area contributed by atoms with E-state index >= 15 is 0 Å². The van der Waals surface area contributed by atoms with Crippen LogP contribution in [0.1, 0.15) is 39.2 Å². The van der Waals surface area contributed by atoms with Gasteiger partial charge < -0.3 is 19.5 Å². The van der Waals surface area contributed by atoms with Crippen molar-refractivity contribution in [3.8, 4) is 0 Å². The molecule has 0 unspecified atom stereocenters. The predicted molar refractivity (Wildman–Crippen MR) is 110 cm³/mol. The fourth-order valence-corrected chi connectivity index (χ4v) is 2.47. The number of nitrogens with zero attached hydrogens (tertiary/aromatic N) is 2. The molecule has 0 saturated carbocycles. The molecule has 0 aromatic carbocycles. The van der Waals surface area contributed by atoms with Crippen LogP contribution >= 0.6 is 11.8 Å². The van der Waals surface area contributed by atoms with Crippen LogP contribution in [0.2, 0.25) is 0 Å². The van der Waals surface area contributed by atoms with Gasteiger partial charge in [-0.15, -0.1) is 0 Å². The molecule has 0 amide bonds. The van der Waals surface area contributed by atoms with Crippen molar-refractivity contribution in [2.24, 2.45) is 0 Å². The molecular formula is C18H38N4O2S. The second-order valence-electron chi connectivity index (χ2n) is 5.14. The van der Waals surface area contributed by atoms with Crippen molar-refractivity contribution in [3.05, 3.63) is 35.7 Å². The third-order valence-corrected chi connectivity index (χ3v) is 3.65. The smallest absolute Gasteiger partial charge is 0.119 e. The molecule has 6 nitrogen and oxygen atoms in total. The lowest BCUT2D eigenvalue weighted by atomic mass is 10.4. The lowest BCUT2D eigenvalue weighted by Crippen LogP contribution is -2.28. The third kappa shape index (κ3) is 13.6. The summed E-state index contributed by atoms with van der Waals surface area (Å²) in [6.45, 7) is 9.65. The summed E-state index contributed by atoms with van der Waals surface area (Å²) in [6, 6.07) is 4.08. The molecule has 25 heavy (non-hydrogen) atoms. The van der Waals surface area contributed by atoms with Gasteiger partial charge in [-0.05, 0) is 26.2 Å². The summed E-state index contributed by atoms with van der Waals surface area (Å²) in [5.41, 5.74) is 2.04. The van der Waals surface area contributed by atoms with E-state index in [0.717, 1.165) is 41.9 Å². The third-order valence-electron chi connectivity index (χ3n) is 2.67. The molecule has 1 rings (SSSR count). The summed E-state index contributed by atoms with van der Waals surface area (Å²) in [4.78, 5) is 3.98. The predicted octanol–water partition coefficient (Wildman–Crippen LogP) is 3.56. The van der Waals surface area contributed by atoms with E-state index in [2.05, 4.69) is 10.2 Å².